The van der Waals surface area contributed by atoms with Gasteiger partial charge in [-0.25, -0.2) is 0 Å². The van der Waals surface area contributed by atoms with Crippen molar-refractivity contribution < 1.29 is 14.4 Å². The van der Waals surface area contributed by atoms with Crippen LogP contribution in [0.1, 0.15) is 37.8 Å². The molecule has 3 aromatic rings. The maximum absolute atomic E-state index is 12.8. The van der Waals surface area contributed by atoms with E-state index in [9.17, 15) is 14.4 Å². The lowest BCUT2D eigenvalue weighted by Gasteiger charge is -2.10. The summed E-state index contributed by atoms with van der Waals surface area (Å²) in [6.45, 7) is 1.46. The van der Waals surface area contributed by atoms with Crippen LogP contribution in [0.5, 0.6) is 0 Å². The molecule has 180 valence electrons. The van der Waals surface area contributed by atoms with Crippen LogP contribution in [0.3, 0.4) is 0 Å². The Balaban J connectivity index is 1.62. The van der Waals surface area contributed by atoms with Gasteiger partial charge in [-0.15, -0.1) is 0 Å². The number of carbonyl (C=O) groups excluding carboxylic acids is 3. The van der Waals surface area contributed by atoms with Gasteiger partial charge in [-0.1, -0.05) is 0 Å². The molecule has 0 saturated carbocycles. The van der Waals surface area contributed by atoms with Gasteiger partial charge >= 0.3 is 0 Å². The molecule has 10 heteroatoms. The average Bonchev–Trinajstić information content (AvgIpc) is 3.33. The normalized spacial score (nSPS) is 10.9. The number of hydrogen-bond acceptors (Lipinski definition) is 4. The summed E-state index contributed by atoms with van der Waals surface area (Å²) in [5.41, 5.74) is 2.39. The molecule has 0 aliphatic rings. The molecule has 9 nitrogen and oxygen atoms in total. The molecular formula is C24H29IN6O3. The van der Waals surface area contributed by atoms with Crippen LogP contribution < -0.4 is 16.0 Å². The van der Waals surface area contributed by atoms with Crippen molar-refractivity contribution in [3.63, 3.8) is 0 Å². The van der Waals surface area contributed by atoms with E-state index in [2.05, 4.69) is 43.4 Å². The lowest BCUT2D eigenvalue weighted by atomic mass is 10.2. The molecule has 0 unspecified atom stereocenters. The van der Waals surface area contributed by atoms with Crippen molar-refractivity contribution >= 4 is 51.7 Å². The Hall–Kier alpha value is -3.12. The molecule has 2 aromatic heterocycles. The van der Waals surface area contributed by atoms with Crippen molar-refractivity contribution in [1.82, 2.24) is 19.4 Å². The second kappa shape index (κ2) is 11.3. The molecule has 3 N–H and O–H groups in total. The second-order valence-electron chi connectivity index (χ2n) is 8.28. The first-order valence-electron chi connectivity index (χ1n) is 10.8. The molecule has 0 spiro atoms. The van der Waals surface area contributed by atoms with Crippen LogP contribution >= 0.6 is 22.6 Å². The van der Waals surface area contributed by atoms with E-state index < -0.39 is 0 Å². The molecule has 0 fully saturated rings. The van der Waals surface area contributed by atoms with Crippen LogP contribution in [0.4, 0.5) is 11.4 Å². The van der Waals surface area contributed by atoms with Crippen molar-refractivity contribution in [1.29, 1.82) is 0 Å². The van der Waals surface area contributed by atoms with Crippen LogP contribution in [0.15, 0.2) is 48.8 Å². The molecule has 0 radical (unpaired) electrons. The largest absolute Gasteiger partial charge is 0.351 e. The SMILES string of the molecule is CN(C)CCCNC(=O)c1cc(NC(=O)c2cc(NC(=O)c3ccc(I)cc3)cn2C)cn1C. The van der Waals surface area contributed by atoms with Gasteiger partial charge in [0.15, 0.2) is 0 Å². The molecule has 3 amide bonds. The van der Waals surface area contributed by atoms with Crippen LogP contribution in [-0.4, -0.2) is 58.9 Å². The Bertz CT molecular complexity index is 1180. The van der Waals surface area contributed by atoms with Crippen molar-refractivity contribution in [2.24, 2.45) is 14.1 Å². The van der Waals surface area contributed by atoms with E-state index >= 15 is 0 Å². The number of amides is 3. The van der Waals surface area contributed by atoms with E-state index in [1.165, 1.54) is 0 Å². The molecule has 0 aliphatic carbocycles. The van der Waals surface area contributed by atoms with Crippen LogP contribution in [0.25, 0.3) is 0 Å². The predicted molar refractivity (Wildman–Crippen MR) is 141 cm³/mol. The fraction of sp³-hybridized carbons (Fsp3) is 0.292. The Kier molecular flexibility index (Phi) is 8.51. The van der Waals surface area contributed by atoms with Gasteiger partial charge in [0.2, 0.25) is 0 Å². The number of rotatable bonds is 9. The number of hydrogen-bond donors (Lipinski definition) is 3. The summed E-state index contributed by atoms with van der Waals surface area (Å²) < 4.78 is 4.35. The highest BCUT2D eigenvalue weighted by atomic mass is 127. The topological polar surface area (TPSA) is 100 Å². The van der Waals surface area contributed by atoms with Crippen molar-refractivity contribution in [2.45, 2.75) is 6.42 Å². The summed E-state index contributed by atoms with van der Waals surface area (Å²) >= 11 is 2.18. The van der Waals surface area contributed by atoms with Gasteiger partial charge in [-0.05, 0) is 86.0 Å². The van der Waals surface area contributed by atoms with Crippen molar-refractivity contribution in [2.75, 3.05) is 37.8 Å². The number of aryl methyl sites for hydroxylation is 2. The minimum Gasteiger partial charge on any atom is -0.351 e. The molecular weight excluding hydrogens is 547 g/mol. The highest BCUT2D eigenvalue weighted by Crippen LogP contribution is 2.18. The van der Waals surface area contributed by atoms with Gasteiger partial charge in [0, 0.05) is 42.2 Å². The number of halogens is 1. The minimum absolute atomic E-state index is 0.193. The summed E-state index contributed by atoms with van der Waals surface area (Å²) in [7, 11) is 7.46. The molecule has 0 saturated heterocycles. The Morgan fingerprint density at radius 1 is 0.853 bits per heavy atom. The zero-order chi connectivity index (χ0) is 24.8. The molecule has 2 heterocycles. The molecule has 34 heavy (non-hydrogen) atoms. The van der Waals surface area contributed by atoms with Gasteiger partial charge in [0.05, 0.1) is 11.4 Å². The van der Waals surface area contributed by atoms with Gasteiger partial charge in [0.1, 0.15) is 11.4 Å². The van der Waals surface area contributed by atoms with E-state index in [1.807, 2.05) is 26.2 Å². The number of aromatic nitrogens is 2. The molecule has 3 rings (SSSR count). The van der Waals surface area contributed by atoms with E-state index in [-0.39, 0.29) is 17.7 Å². The number of nitrogens with one attached hydrogen (secondary N) is 3. The summed E-state index contributed by atoms with van der Waals surface area (Å²) in [5, 5.41) is 8.53. The Labute approximate surface area is 212 Å². The van der Waals surface area contributed by atoms with Crippen molar-refractivity contribution in [3.05, 3.63) is 69.3 Å². The Morgan fingerprint density at radius 2 is 1.38 bits per heavy atom. The standard InChI is InChI=1S/C24H29IN6O3/c1-29(2)11-5-10-26-23(33)20-12-19(15-30(20)3)28-24(34)21-13-18(14-31(21)4)27-22(32)16-6-8-17(25)9-7-16/h6-9,12-15H,5,10-11H2,1-4H3,(H,26,33)(H,27,32)(H,28,34). The number of carbonyl (C=O) groups is 3. The number of benzene rings is 1. The van der Waals surface area contributed by atoms with Crippen LogP contribution in [0.2, 0.25) is 0 Å². The molecule has 0 aliphatic heterocycles. The van der Waals surface area contributed by atoms with Crippen LogP contribution in [0, 0.1) is 3.57 Å². The second-order valence-corrected chi connectivity index (χ2v) is 9.52. The lowest BCUT2D eigenvalue weighted by Crippen LogP contribution is -2.28. The summed E-state index contributed by atoms with van der Waals surface area (Å²) in [6, 6.07) is 10.5. The first-order valence-corrected chi connectivity index (χ1v) is 11.9. The first-order chi connectivity index (χ1) is 16.1. The minimum atomic E-state index is -0.346. The summed E-state index contributed by atoms with van der Waals surface area (Å²) in [4.78, 5) is 39.9. The van der Waals surface area contributed by atoms with Crippen LogP contribution in [-0.2, 0) is 14.1 Å². The van der Waals surface area contributed by atoms with E-state index in [0.717, 1.165) is 16.5 Å². The average molecular weight is 576 g/mol. The highest BCUT2D eigenvalue weighted by Gasteiger charge is 2.17. The lowest BCUT2D eigenvalue weighted by molar-refractivity contribution is 0.0942. The van der Waals surface area contributed by atoms with Gasteiger partial charge < -0.3 is 30.0 Å². The Morgan fingerprint density at radius 3 is 1.94 bits per heavy atom. The van der Waals surface area contributed by atoms with E-state index in [1.54, 1.807) is 59.9 Å². The van der Waals surface area contributed by atoms with E-state index in [4.69, 9.17) is 0 Å². The van der Waals surface area contributed by atoms with E-state index in [0.29, 0.717) is 34.9 Å². The monoisotopic (exact) mass is 576 g/mol. The van der Waals surface area contributed by atoms with Gasteiger partial charge in [-0.2, -0.15) is 0 Å². The fourth-order valence-electron chi connectivity index (χ4n) is 3.40. The fourth-order valence-corrected chi connectivity index (χ4v) is 3.76. The number of anilines is 2. The highest BCUT2D eigenvalue weighted by molar-refractivity contribution is 14.1. The predicted octanol–water partition coefficient (Wildman–Crippen LogP) is 3.15. The smallest absolute Gasteiger partial charge is 0.272 e. The van der Waals surface area contributed by atoms with Gasteiger partial charge in [-0.3, -0.25) is 14.4 Å². The zero-order valence-electron chi connectivity index (χ0n) is 19.7. The molecule has 0 bridgehead atoms. The third kappa shape index (κ3) is 6.70. The first kappa shape index (κ1) is 25.5. The zero-order valence-corrected chi connectivity index (χ0v) is 21.8. The molecule has 0 atom stereocenters. The number of nitrogens with zero attached hydrogens (tertiary/aromatic N) is 3. The van der Waals surface area contributed by atoms with Crippen molar-refractivity contribution in [3.8, 4) is 0 Å². The third-order valence-electron chi connectivity index (χ3n) is 5.16. The summed E-state index contributed by atoms with van der Waals surface area (Å²) in [6.07, 6.45) is 4.22. The maximum Gasteiger partial charge on any atom is 0.272 e. The third-order valence-corrected chi connectivity index (χ3v) is 5.88. The molecule has 1 aromatic carbocycles. The quantitative estimate of drug-likeness (QED) is 0.269. The summed E-state index contributed by atoms with van der Waals surface area (Å²) in [5.74, 6) is -0.791. The maximum atomic E-state index is 12.8. The van der Waals surface area contributed by atoms with Gasteiger partial charge in [0.25, 0.3) is 17.7 Å².